The van der Waals surface area contributed by atoms with E-state index in [0.717, 1.165) is 11.3 Å². The van der Waals surface area contributed by atoms with E-state index in [4.69, 9.17) is 10.00 Å². The van der Waals surface area contributed by atoms with Crippen LogP contribution in [0.4, 0.5) is 10.1 Å². The molecule has 0 bridgehead atoms. The number of nitriles is 1. The molecule has 1 aliphatic rings. The van der Waals surface area contributed by atoms with E-state index in [1.807, 2.05) is 12.1 Å². The number of hydrogen-bond acceptors (Lipinski definition) is 3. The van der Waals surface area contributed by atoms with Crippen LogP contribution in [0.15, 0.2) is 48.5 Å². The highest BCUT2D eigenvalue weighted by atomic mass is 19.1. The predicted octanol–water partition coefficient (Wildman–Crippen LogP) is 3.67. The summed E-state index contributed by atoms with van der Waals surface area (Å²) in [5, 5.41) is 8.76. The van der Waals surface area contributed by atoms with Crippen LogP contribution < -0.4 is 9.64 Å². The van der Waals surface area contributed by atoms with Crippen LogP contribution in [0.5, 0.6) is 5.75 Å². The van der Waals surface area contributed by atoms with Crippen LogP contribution in [0.1, 0.15) is 18.4 Å². The Kier molecular flexibility index (Phi) is 4.76. The molecular formula is C19H17FN2O2. The minimum absolute atomic E-state index is 0.0451. The number of hydrogen-bond donors (Lipinski definition) is 0. The van der Waals surface area contributed by atoms with E-state index in [-0.39, 0.29) is 24.2 Å². The van der Waals surface area contributed by atoms with Crippen molar-refractivity contribution in [1.29, 1.82) is 5.26 Å². The molecule has 1 atom stereocenters. The second-order valence-corrected chi connectivity index (χ2v) is 5.85. The Bertz CT molecular complexity index is 768. The summed E-state index contributed by atoms with van der Waals surface area (Å²) in [6, 6.07) is 15.6. The first-order valence-corrected chi connectivity index (χ1v) is 7.80. The molecule has 5 heteroatoms. The van der Waals surface area contributed by atoms with Crippen LogP contribution >= 0.6 is 0 Å². The molecule has 1 fully saturated rings. The average Bonchev–Trinajstić information content (AvgIpc) is 2.94. The monoisotopic (exact) mass is 324 g/mol. The summed E-state index contributed by atoms with van der Waals surface area (Å²) in [4.78, 5) is 13.7. The zero-order chi connectivity index (χ0) is 16.9. The minimum Gasteiger partial charge on any atom is -0.489 e. The highest BCUT2D eigenvalue weighted by molar-refractivity contribution is 5.95. The number of rotatable bonds is 5. The molecule has 24 heavy (non-hydrogen) atoms. The normalized spacial score (nSPS) is 16.9. The molecule has 0 aliphatic carbocycles. The maximum absolute atomic E-state index is 13.1. The van der Waals surface area contributed by atoms with Crippen molar-refractivity contribution in [2.24, 2.45) is 5.92 Å². The van der Waals surface area contributed by atoms with E-state index in [2.05, 4.69) is 6.07 Å². The van der Waals surface area contributed by atoms with Gasteiger partial charge in [0.15, 0.2) is 0 Å². The zero-order valence-corrected chi connectivity index (χ0v) is 13.1. The molecule has 4 nitrogen and oxygen atoms in total. The first kappa shape index (κ1) is 16.0. The van der Waals surface area contributed by atoms with Gasteiger partial charge in [0, 0.05) is 25.1 Å². The van der Waals surface area contributed by atoms with Crippen LogP contribution in [-0.2, 0) is 11.4 Å². The third-order valence-corrected chi connectivity index (χ3v) is 4.03. The summed E-state index contributed by atoms with van der Waals surface area (Å²) in [6.45, 7) is 0.861. The van der Waals surface area contributed by atoms with E-state index in [9.17, 15) is 9.18 Å². The summed E-state index contributed by atoms with van der Waals surface area (Å²) < 4.78 is 18.8. The topological polar surface area (TPSA) is 53.3 Å². The lowest BCUT2D eigenvalue weighted by atomic mass is 10.1. The van der Waals surface area contributed by atoms with Gasteiger partial charge in [0.05, 0.1) is 6.07 Å². The lowest BCUT2D eigenvalue weighted by Gasteiger charge is -2.17. The van der Waals surface area contributed by atoms with Gasteiger partial charge in [0.2, 0.25) is 5.91 Å². The van der Waals surface area contributed by atoms with Crippen LogP contribution in [0.25, 0.3) is 0 Å². The highest BCUT2D eigenvalue weighted by Gasteiger charge is 2.30. The van der Waals surface area contributed by atoms with E-state index in [1.54, 1.807) is 29.2 Å². The van der Waals surface area contributed by atoms with Gasteiger partial charge in [-0.3, -0.25) is 4.79 Å². The second-order valence-electron chi connectivity index (χ2n) is 5.85. The van der Waals surface area contributed by atoms with Crippen molar-refractivity contribution in [1.82, 2.24) is 0 Å². The lowest BCUT2D eigenvalue weighted by molar-refractivity contribution is -0.117. The number of carbonyl (C=O) groups is 1. The third kappa shape index (κ3) is 3.72. The van der Waals surface area contributed by atoms with Crippen molar-refractivity contribution >= 4 is 11.6 Å². The highest BCUT2D eigenvalue weighted by Crippen LogP contribution is 2.28. The van der Waals surface area contributed by atoms with Gasteiger partial charge < -0.3 is 9.64 Å². The van der Waals surface area contributed by atoms with Gasteiger partial charge >= 0.3 is 0 Å². The van der Waals surface area contributed by atoms with Crippen molar-refractivity contribution in [3.63, 3.8) is 0 Å². The fourth-order valence-electron chi connectivity index (χ4n) is 2.81. The smallest absolute Gasteiger partial charge is 0.227 e. The summed E-state index contributed by atoms with van der Waals surface area (Å²) in [6.07, 6.45) is 0.822. The van der Waals surface area contributed by atoms with Crippen molar-refractivity contribution in [2.45, 2.75) is 19.4 Å². The molecule has 1 heterocycles. The van der Waals surface area contributed by atoms with Gasteiger partial charge in [-0.05, 0) is 47.9 Å². The largest absolute Gasteiger partial charge is 0.489 e. The third-order valence-electron chi connectivity index (χ3n) is 4.03. The first-order valence-electron chi connectivity index (χ1n) is 7.80. The SMILES string of the molecule is N#CCC1CC(=O)N(c2ccc(OCc3cccc(F)c3)cc2)C1. The standard InChI is InChI=1S/C19H17FN2O2/c20-16-3-1-2-15(10-16)13-24-18-6-4-17(5-7-18)22-12-14(8-9-21)11-19(22)23/h1-7,10,14H,8,11-13H2. The Morgan fingerprint density at radius 1 is 1.25 bits per heavy atom. The Hall–Kier alpha value is -2.87. The van der Waals surface area contributed by atoms with Crippen molar-refractivity contribution in [3.8, 4) is 11.8 Å². The lowest BCUT2D eigenvalue weighted by Crippen LogP contribution is -2.24. The number of benzene rings is 2. The van der Waals surface area contributed by atoms with Crippen LogP contribution in [0.2, 0.25) is 0 Å². The van der Waals surface area contributed by atoms with Gasteiger partial charge in [0.25, 0.3) is 0 Å². The van der Waals surface area contributed by atoms with Crippen molar-refractivity contribution < 1.29 is 13.9 Å². The number of ether oxygens (including phenoxy) is 1. The molecule has 122 valence electrons. The molecule has 3 rings (SSSR count). The Morgan fingerprint density at radius 2 is 2.04 bits per heavy atom. The number of nitrogens with zero attached hydrogens (tertiary/aromatic N) is 2. The zero-order valence-electron chi connectivity index (χ0n) is 13.1. The summed E-state index contributed by atoms with van der Waals surface area (Å²) in [5.41, 5.74) is 1.56. The molecule has 2 aromatic carbocycles. The van der Waals surface area contributed by atoms with E-state index in [1.165, 1.54) is 12.1 Å². The second kappa shape index (κ2) is 7.14. The molecule has 0 spiro atoms. The minimum atomic E-state index is -0.286. The first-order chi connectivity index (χ1) is 11.7. The van der Waals surface area contributed by atoms with Crippen LogP contribution in [0, 0.1) is 23.1 Å². The average molecular weight is 324 g/mol. The number of halogens is 1. The Morgan fingerprint density at radius 3 is 2.75 bits per heavy atom. The van der Waals surface area contributed by atoms with Crippen molar-refractivity contribution in [2.75, 3.05) is 11.4 Å². The summed E-state index contributed by atoms with van der Waals surface area (Å²) in [5.74, 6) is 0.518. The maximum Gasteiger partial charge on any atom is 0.227 e. The fourth-order valence-corrected chi connectivity index (χ4v) is 2.81. The maximum atomic E-state index is 13.1. The van der Waals surface area contributed by atoms with Gasteiger partial charge in [-0.2, -0.15) is 5.26 Å². The van der Waals surface area contributed by atoms with Gasteiger partial charge in [-0.1, -0.05) is 12.1 Å². The molecule has 0 saturated carbocycles. The molecule has 1 amide bonds. The molecular weight excluding hydrogens is 307 g/mol. The van der Waals surface area contributed by atoms with E-state index < -0.39 is 0 Å². The van der Waals surface area contributed by atoms with Crippen LogP contribution in [-0.4, -0.2) is 12.5 Å². The van der Waals surface area contributed by atoms with Crippen molar-refractivity contribution in [3.05, 3.63) is 59.9 Å². The van der Waals surface area contributed by atoms with E-state index >= 15 is 0 Å². The number of amides is 1. The molecule has 0 N–H and O–H groups in total. The Balaban J connectivity index is 1.61. The Labute approximate surface area is 140 Å². The summed E-state index contributed by atoms with van der Waals surface area (Å²) in [7, 11) is 0. The number of carbonyl (C=O) groups excluding carboxylic acids is 1. The van der Waals surface area contributed by atoms with Gasteiger partial charge in [-0.15, -0.1) is 0 Å². The molecule has 1 aliphatic heterocycles. The van der Waals surface area contributed by atoms with E-state index in [0.29, 0.717) is 25.1 Å². The van der Waals surface area contributed by atoms with Gasteiger partial charge in [0.1, 0.15) is 18.2 Å². The molecule has 1 saturated heterocycles. The quantitative estimate of drug-likeness (QED) is 0.843. The van der Waals surface area contributed by atoms with Crippen LogP contribution in [0.3, 0.4) is 0 Å². The molecule has 2 aromatic rings. The summed E-state index contributed by atoms with van der Waals surface area (Å²) >= 11 is 0. The van der Waals surface area contributed by atoms with Gasteiger partial charge in [-0.25, -0.2) is 4.39 Å². The molecule has 1 unspecified atom stereocenters. The fraction of sp³-hybridized carbons (Fsp3) is 0.263. The predicted molar refractivity (Wildman–Crippen MR) is 87.9 cm³/mol. The number of anilines is 1. The molecule has 0 aromatic heterocycles. The molecule has 0 radical (unpaired) electrons.